The quantitative estimate of drug-likeness (QED) is 0.844. The Morgan fingerprint density at radius 3 is 2.44 bits per heavy atom. The molecule has 0 amide bonds. The van der Waals surface area contributed by atoms with Crippen molar-refractivity contribution < 1.29 is 14.2 Å². The number of benzene rings is 2. The number of aliphatic hydroxyl groups is 1. The fourth-order valence-corrected chi connectivity index (χ4v) is 2.25. The predicted octanol–water partition coefficient (Wildman–Crippen LogP) is 3.40. The highest BCUT2D eigenvalue weighted by Crippen LogP contribution is 2.56. The molecule has 1 aliphatic rings. The summed E-state index contributed by atoms with van der Waals surface area (Å²) in [6.45, 7) is 0. The van der Waals surface area contributed by atoms with Gasteiger partial charge in [0.1, 0.15) is 11.9 Å². The molecular formula is C14H10ClFO2. The van der Waals surface area contributed by atoms with Crippen LogP contribution in [0, 0.1) is 5.82 Å². The first-order chi connectivity index (χ1) is 8.61. The molecule has 0 spiro atoms. The maximum Gasteiger partial charge on any atom is 0.224 e. The summed E-state index contributed by atoms with van der Waals surface area (Å²) in [4.78, 5) is 0. The summed E-state index contributed by atoms with van der Waals surface area (Å²) in [6, 6.07) is 12.8. The summed E-state index contributed by atoms with van der Waals surface area (Å²) in [7, 11) is 0. The molecule has 2 unspecified atom stereocenters. The van der Waals surface area contributed by atoms with E-state index in [1.54, 1.807) is 12.1 Å². The average Bonchev–Trinajstić information content (AvgIpc) is 3.04. The van der Waals surface area contributed by atoms with Gasteiger partial charge in [0, 0.05) is 16.1 Å². The van der Waals surface area contributed by atoms with Crippen molar-refractivity contribution in [2.45, 2.75) is 11.9 Å². The molecule has 0 radical (unpaired) electrons. The second-order valence-electron chi connectivity index (χ2n) is 4.22. The van der Waals surface area contributed by atoms with Gasteiger partial charge in [-0.3, -0.25) is 0 Å². The highest BCUT2D eigenvalue weighted by molar-refractivity contribution is 6.31. The van der Waals surface area contributed by atoms with Crippen molar-refractivity contribution in [3.63, 3.8) is 0 Å². The Morgan fingerprint density at radius 2 is 1.78 bits per heavy atom. The second-order valence-corrected chi connectivity index (χ2v) is 4.63. The van der Waals surface area contributed by atoms with Crippen LogP contribution in [0.5, 0.6) is 0 Å². The molecule has 2 atom stereocenters. The van der Waals surface area contributed by atoms with Crippen molar-refractivity contribution in [1.29, 1.82) is 0 Å². The molecular weight excluding hydrogens is 255 g/mol. The Morgan fingerprint density at radius 1 is 1.11 bits per heavy atom. The highest BCUT2D eigenvalue weighted by Gasteiger charge is 2.58. The van der Waals surface area contributed by atoms with Gasteiger partial charge in [0.15, 0.2) is 0 Å². The smallest absolute Gasteiger partial charge is 0.224 e. The van der Waals surface area contributed by atoms with E-state index in [0.29, 0.717) is 10.6 Å². The number of rotatable bonds is 2. The Labute approximate surface area is 109 Å². The Balaban J connectivity index is 1.92. The maximum atomic E-state index is 12.8. The molecule has 18 heavy (non-hydrogen) atoms. The first kappa shape index (κ1) is 11.7. The van der Waals surface area contributed by atoms with Gasteiger partial charge in [0.05, 0.1) is 0 Å². The van der Waals surface area contributed by atoms with Gasteiger partial charge in [-0.1, -0.05) is 41.9 Å². The van der Waals surface area contributed by atoms with Crippen LogP contribution in [0.2, 0.25) is 5.02 Å². The number of hydrogen-bond donors (Lipinski definition) is 1. The second kappa shape index (κ2) is 4.05. The topological polar surface area (TPSA) is 32.8 Å². The lowest BCUT2D eigenvalue weighted by molar-refractivity contribution is 0.0332. The van der Waals surface area contributed by atoms with Crippen LogP contribution in [0.25, 0.3) is 0 Å². The molecule has 0 aromatic heterocycles. The van der Waals surface area contributed by atoms with Crippen molar-refractivity contribution in [3.8, 4) is 0 Å². The van der Waals surface area contributed by atoms with Gasteiger partial charge in [-0.25, -0.2) is 4.39 Å². The molecule has 2 aromatic rings. The van der Waals surface area contributed by atoms with E-state index < -0.39 is 11.9 Å². The molecule has 1 N–H and O–H groups in total. The van der Waals surface area contributed by atoms with Gasteiger partial charge in [0.25, 0.3) is 0 Å². The van der Waals surface area contributed by atoms with Crippen molar-refractivity contribution in [3.05, 3.63) is 70.5 Å². The third-order valence-corrected chi connectivity index (χ3v) is 3.39. The summed E-state index contributed by atoms with van der Waals surface area (Å²) < 4.78 is 18.2. The van der Waals surface area contributed by atoms with Crippen molar-refractivity contribution >= 4 is 11.6 Å². The lowest BCUT2D eigenvalue weighted by Crippen LogP contribution is -2.08. The van der Waals surface area contributed by atoms with Gasteiger partial charge in [0.2, 0.25) is 5.79 Å². The van der Waals surface area contributed by atoms with Gasteiger partial charge in [-0.2, -0.15) is 0 Å². The SMILES string of the molecule is OC1(c2ccc(F)cc2)OC1c1ccccc1Cl. The largest absolute Gasteiger partial charge is 0.359 e. The first-order valence-electron chi connectivity index (χ1n) is 5.52. The Hall–Kier alpha value is -1.42. The first-order valence-corrected chi connectivity index (χ1v) is 5.90. The lowest BCUT2D eigenvalue weighted by Gasteiger charge is -2.06. The van der Waals surface area contributed by atoms with Crippen molar-refractivity contribution in [2.24, 2.45) is 0 Å². The zero-order valence-electron chi connectivity index (χ0n) is 9.31. The number of hydrogen-bond acceptors (Lipinski definition) is 2. The van der Waals surface area contributed by atoms with Crippen molar-refractivity contribution in [2.75, 3.05) is 0 Å². The predicted molar refractivity (Wildman–Crippen MR) is 65.6 cm³/mol. The van der Waals surface area contributed by atoms with E-state index in [9.17, 15) is 9.50 Å². The molecule has 0 aliphatic carbocycles. The minimum Gasteiger partial charge on any atom is -0.359 e. The van der Waals surface area contributed by atoms with E-state index in [0.717, 1.165) is 5.56 Å². The Bertz CT molecular complexity index is 585. The fraction of sp³-hybridized carbons (Fsp3) is 0.143. The van der Waals surface area contributed by atoms with Crippen LogP contribution in [0.1, 0.15) is 17.2 Å². The van der Waals surface area contributed by atoms with E-state index in [1.807, 2.05) is 12.1 Å². The molecule has 0 bridgehead atoms. The molecule has 3 rings (SSSR count). The minimum absolute atomic E-state index is 0.350. The van der Waals surface area contributed by atoms with Crippen LogP contribution in [-0.4, -0.2) is 5.11 Å². The lowest BCUT2D eigenvalue weighted by atomic mass is 10.0. The van der Waals surface area contributed by atoms with E-state index >= 15 is 0 Å². The third kappa shape index (κ3) is 1.81. The van der Waals surface area contributed by atoms with E-state index in [4.69, 9.17) is 16.3 Å². The molecule has 92 valence electrons. The van der Waals surface area contributed by atoms with Crippen LogP contribution in [0.4, 0.5) is 4.39 Å². The van der Waals surface area contributed by atoms with Gasteiger partial charge >= 0.3 is 0 Å². The number of ether oxygens (including phenoxy) is 1. The third-order valence-electron chi connectivity index (χ3n) is 3.04. The van der Waals surface area contributed by atoms with Gasteiger partial charge in [-0.15, -0.1) is 0 Å². The van der Waals surface area contributed by atoms with Crippen molar-refractivity contribution in [1.82, 2.24) is 0 Å². The molecule has 4 heteroatoms. The van der Waals surface area contributed by atoms with Crippen LogP contribution in [0.3, 0.4) is 0 Å². The summed E-state index contributed by atoms with van der Waals surface area (Å²) >= 11 is 6.05. The van der Waals surface area contributed by atoms with E-state index in [2.05, 4.69) is 0 Å². The molecule has 1 aliphatic heterocycles. The van der Waals surface area contributed by atoms with Gasteiger partial charge in [-0.05, 0) is 18.2 Å². The normalized spacial score (nSPS) is 26.1. The minimum atomic E-state index is -1.40. The monoisotopic (exact) mass is 264 g/mol. The van der Waals surface area contributed by atoms with E-state index in [-0.39, 0.29) is 5.82 Å². The highest BCUT2D eigenvalue weighted by atomic mass is 35.5. The zero-order chi connectivity index (χ0) is 12.8. The molecule has 1 heterocycles. The standard InChI is InChI=1S/C14H10ClFO2/c15-12-4-2-1-3-11(12)13-14(17,18-13)9-5-7-10(16)8-6-9/h1-8,13,17H. The summed E-state index contributed by atoms with van der Waals surface area (Å²) in [5.41, 5.74) is 1.25. The van der Waals surface area contributed by atoms with Crippen LogP contribution in [0.15, 0.2) is 48.5 Å². The van der Waals surface area contributed by atoms with Gasteiger partial charge < -0.3 is 9.84 Å². The molecule has 2 nitrogen and oxygen atoms in total. The van der Waals surface area contributed by atoms with E-state index in [1.165, 1.54) is 24.3 Å². The summed E-state index contributed by atoms with van der Waals surface area (Å²) in [5, 5.41) is 10.9. The average molecular weight is 265 g/mol. The Kier molecular flexibility index (Phi) is 2.63. The van der Waals surface area contributed by atoms with Crippen LogP contribution in [-0.2, 0) is 10.5 Å². The summed E-state index contributed by atoms with van der Waals surface area (Å²) in [5.74, 6) is -1.75. The number of halogens is 2. The fourth-order valence-electron chi connectivity index (χ4n) is 2.02. The molecule has 1 fully saturated rings. The summed E-state index contributed by atoms with van der Waals surface area (Å²) in [6.07, 6.45) is -0.503. The number of epoxide rings is 1. The van der Waals surface area contributed by atoms with Crippen LogP contribution < -0.4 is 0 Å². The van der Waals surface area contributed by atoms with Crippen LogP contribution >= 0.6 is 11.6 Å². The molecule has 2 aromatic carbocycles. The molecule has 1 saturated heterocycles. The maximum absolute atomic E-state index is 12.8. The molecule has 0 saturated carbocycles. The zero-order valence-corrected chi connectivity index (χ0v) is 10.1.